The van der Waals surface area contributed by atoms with E-state index in [-0.39, 0.29) is 24.9 Å². The molecule has 0 spiro atoms. The lowest BCUT2D eigenvalue weighted by Gasteiger charge is -2.24. The van der Waals surface area contributed by atoms with E-state index >= 15 is 0 Å². The maximum absolute atomic E-state index is 9.68. The van der Waals surface area contributed by atoms with Crippen LogP contribution in [0, 0.1) is 11.3 Å². The highest BCUT2D eigenvalue weighted by molar-refractivity contribution is 5.61. The Morgan fingerprint density at radius 3 is 2.96 bits per heavy atom. The molecule has 9 heteroatoms. The van der Waals surface area contributed by atoms with E-state index in [2.05, 4.69) is 16.3 Å². The van der Waals surface area contributed by atoms with Gasteiger partial charge in [0.15, 0.2) is 11.5 Å². The number of nitrogens with zero attached hydrogens (tertiary/aromatic N) is 2. The molecule has 1 atom stereocenters. The Bertz CT molecular complexity index is 943. The maximum Gasteiger partial charge on any atom is 0.244 e. The van der Waals surface area contributed by atoms with Crippen molar-refractivity contribution in [2.75, 3.05) is 21.0 Å². The fourth-order valence-corrected chi connectivity index (χ4v) is 3.21. The molecule has 134 valence electrons. The Labute approximate surface area is 148 Å². The van der Waals surface area contributed by atoms with Crippen molar-refractivity contribution in [2.45, 2.75) is 12.5 Å². The number of ether oxygens (including phenoxy) is 5. The van der Waals surface area contributed by atoms with Gasteiger partial charge >= 0.3 is 0 Å². The molecule has 0 saturated heterocycles. The van der Waals surface area contributed by atoms with Gasteiger partial charge in [-0.25, -0.2) is 0 Å². The third kappa shape index (κ3) is 2.31. The van der Waals surface area contributed by atoms with Crippen molar-refractivity contribution in [3.05, 3.63) is 40.4 Å². The Balaban J connectivity index is 1.93. The Morgan fingerprint density at radius 2 is 2.23 bits per heavy atom. The zero-order valence-electron chi connectivity index (χ0n) is 14.2. The predicted molar refractivity (Wildman–Crippen MR) is 87.7 cm³/mol. The maximum atomic E-state index is 9.68. The highest BCUT2D eigenvalue weighted by Gasteiger charge is 2.36. The van der Waals surface area contributed by atoms with E-state index < -0.39 is 5.92 Å². The summed E-state index contributed by atoms with van der Waals surface area (Å²) in [4.78, 5) is 0. The Kier molecular flexibility index (Phi) is 3.82. The number of aromatic amines is 1. The number of benzene rings is 1. The number of aromatic nitrogens is 2. The summed E-state index contributed by atoms with van der Waals surface area (Å²) in [5, 5.41) is 16.7. The number of fused-ring (bicyclic) bond motifs is 2. The standard InChI is InChI=1S/C17H16N4O5/c1-22-6-10-14-13(9(5-18)16(19)26-17(14)21-20-10)8-3-11(23-2)15-12(4-8)24-7-25-15/h3-4,13H,6-7,19H2,1-2H3,(H,20,21)/t13-/m1/s1. The van der Waals surface area contributed by atoms with Crippen molar-refractivity contribution in [2.24, 2.45) is 5.73 Å². The van der Waals surface area contributed by atoms with Gasteiger partial charge in [0.05, 0.1) is 30.9 Å². The topological polar surface area (TPSA) is 125 Å². The molecule has 9 nitrogen and oxygen atoms in total. The van der Waals surface area contributed by atoms with Crippen molar-refractivity contribution >= 4 is 0 Å². The lowest BCUT2D eigenvalue weighted by Crippen LogP contribution is -2.21. The summed E-state index contributed by atoms with van der Waals surface area (Å²) < 4.78 is 27.1. The van der Waals surface area contributed by atoms with Gasteiger partial charge in [0.1, 0.15) is 11.6 Å². The number of nitrogens with one attached hydrogen (secondary N) is 1. The molecule has 4 rings (SSSR count). The molecule has 2 aromatic rings. The zero-order chi connectivity index (χ0) is 18.3. The fraction of sp³-hybridized carbons (Fsp3) is 0.294. The van der Waals surface area contributed by atoms with Crippen LogP contribution in [-0.2, 0) is 11.3 Å². The number of hydrogen-bond donors (Lipinski definition) is 2. The van der Waals surface area contributed by atoms with E-state index in [0.29, 0.717) is 34.4 Å². The van der Waals surface area contributed by atoms with Crippen LogP contribution in [0.25, 0.3) is 0 Å². The molecule has 0 amide bonds. The van der Waals surface area contributed by atoms with E-state index in [1.54, 1.807) is 26.4 Å². The normalized spacial score (nSPS) is 17.5. The summed E-state index contributed by atoms with van der Waals surface area (Å²) >= 11 is 0. The molecular weight excluding hydrogens is 340 g/mol. The molecule has 3 N–H and O–H groups in total. The van der Waals surface area contributed by atoms with E-state index in [0.717, 1.165) is 5.56 Å². The third-order valence-corrected chi connectivity index (χ3v) is 4.32. The van der Waals surface area contributed by atoms with Crippen LogP contribution in [0.2, 0.25) is 0 Å². The Morgan fingerprint density at radius 1 is 1.38 bits per heavy atom. The summed E-state index contributed by atoms with van der Waals surface area (Å²) in [7, 11) is 3.12. The lowest BCUT2D eigenvalue weighted by molar-refractivity contribution is 0.171. The summed E-state index contributed by atoms with van der Waals surface area (Å²) in [6.45, 7) is 0.389. The molecule has 26 heavy (non-hydrogen) atoms. The summed E-state index contributed by atoms with van der Waals surface area (Å²) in [5.41, 5.74) is 8.37. The molecule has 0 fully saturated rings. The number of rotatable bonds is 4. The summed E-state index contributed by atoms with van der Waals surface area (Å²) in [6, 6.07) is 5.74. The van der Waals surface area contributed by atoms with Crippen LogP contribution < -0.4 is 24.7 Å². The number of H-pyrrole nitrogens is 1. The third-order valence-electron chi connectivity index (χ3n) is 4.32. The lowest BCUT2D eigenvalue weighted by atomic mass is 9.83. The van der Waals surface area contributed by atoms with Crippen LogP contribution in [0.15, 0.2) is 23.6 Å². The number of hydrogen-bond acceptors (Lipinski definition) is 8. The molecule has 2 aliphatic heterocycles. The first-order chi connectivity index (χ1) is 12.7. The molecule has 2 aliphatic rings. The van der Waals surface area contributed by atoms with Gasteiger partial charge in [0, 0.05) is 7.11 Å². The molecular formula is C17H16N4O5. The molecule has 1 aromatic heterocycles. The van der Waals surface area contributed by atoms with Crippen LogP contribution in [0.5, 0.6) is 23.1 Å². The first kappa shape index (κ1) is 16.1. The van der Waals surface area contributed by atoms with E-state index in [1.165, 1.54) is 0 Å². The van der Waals surface area contributed by atoms with E-state index in [1.807, 2.05) is 0 Å². The Hall–Kier alpha value is -3.38. The van der Waals surface area contributed by atoms with Gasteiger partial charge in [0.25, 0.3) is 0 Å². The second kappa shape index (κ2) is 6.16. The van der Waals surface area contributed by atoms with Crippen molar-refractivity contribution in [3.63, 3.8) is 0 Å². The molecule has 0 aliphatic carbocycles. The second-order valence-electron chi connectivity index (χ2n) is 5.74. The molecule has 0 radical (unpaired) electrons. The zero-order valence-corrected chi connectivity index (χ0v) is 14.2. The highest BCUT2D eigenvalue weighted by atomic mass is 16.7. The number of allylic oxidation sites excluding steroid dienone is 1. The number of methoxy groups -OCH3 is 2. The van der Waals surface area contributed by atoms with Crippen LogP contribution in [0.3, 0.4) is 0 Å². The van der Waals surface area contributed by atoms with Gasteiger partial charge in [-0.3, -0.25) is 5.10 Å². The summed E-state index contributed by atoms with van der Waals surface area (Å²) in [6.07, 6.45) is 0. The van der Waals surface area contributed by atoms with Gasteiger partial charge in [-0.05, 0) is 17.7 Å². The van der Waals surface area contributed by atoms with Crippen LogP contribution in [-0.4, -0.2) is 31.2 Å². The second-order valence-corrected chi connectivity index (χ2v) is 5.74. The van der Waals surface area contributed by atoms with Gasteiger partial charge in [-0.1, -0.05) is 0 Å². The van der Waals surface area contributed by atoms with Crippen LogP contribution >= 0.6 is 0 Å². The van der Waals surface area contributed by atoms with Crippen molar-refractivity contribution in [1.29, 1.82) is 5.26 Å². The van der Waals surface area contributed by atoms with Gasteiger partial charge < -0.3 is 29.4 Å². The van der Waals surface area contributed by atoms with Crippen molar-refractivity contribution < 1.29 is 23.7 Å². The van der Waals surface area contributed by atoms with Gasteiger partial charge in [0.2, 0.25) is 24.3 Å². The summed E-state index contributed by atoms with van der Waals surface area (Å²) in [5.74, 6) is 1.40. The van der Waals surface area contributed by atoms with E-state index in [9.17, 15) is 5.26 Å². The van der Waals surface area contributed by atoms with Gasteiger partial charge in [-0.15, -0.1) is 5.10 Å². The van der Waals surface area contributed by atoms with Crippen molar-refractivity contribution in [3.8, 4) is 29.2 Å². The average molecular weight is 356 g/mol. The minimum atomic E-state index is -0.504. The average Bonchev–Trinajstić information content (AvgIpc) is 3.27. The highest BCUT2D eigenvalue weighted by Crippen LogP contribution is 2.48. The molecule has 0 saturated carbocycles. The molecule has 1 aromatic carbocycles. The monoisotopic (exact) mass is 356 g/mol. The predicted octanol–water partition coefficient (Wildman–Crippen LogP) is 1.51. The molecule has 3 heterocycles. The number of nitrogens with two attached hydrogens (primary N) is 1. The first-order valence-corrected chi connectivity index (χ1v) is 7.79. The SMILES string of the molecule is COCc1[nH]nc2c1[C@H](c1cc(OC)c3c(c1)OCO3)C(C#N)=C(N)O2. The number of nitriles is 1. The molecule has 0 bridgehead atoms. The smallest absolute Gasteiger partial charge is 0.244 e. The largest absolute Gasteiger partial charge is 0.493 e. The molecule has 0 unspecified atom stereocenters. The van der Waals surface area contributed by atoms with Gasteiger partial charge in [-0.2, -0.15) is 5.26 Å². The first-order valence-electron chi connectivity index (χ1n) is 7.79. The minimum Gasteiger partial charge on any atom is -0.493 e. The minimum absolute atomic E-state index is 0.0112. The quantitative estimate of drug-likeness (QED) is 0.844. The van der Waals surface area contributed by atoms with Crippen LogP contribution in [0.1, 0.15) is 22.7 Å². The van der Waals surface area contributed by atoms with E-state index in [4.69, 9.17) is 29.4 Å². The van der Waals surface area contributed by atoms with Crippen molar-refractivity contribution in [1.82, 2.24) is 10.2 Å². The van der Waals surface area contributed by atoms with Crippen LogP contribution in [0.4, 0.5) is 0 Å². The fourth-order valence-electron chi connectivity index (χ4n) is 3.21.